The fraction of sp³-hybridized carbons (Fsp3) is 0.200. The lowest BCUT2D eigenvalue weighted by Gasteiger charge is -2.16. The lowest BCUT2D eigenvalue weighted by atomic mass is 9.98. The van der Waals surface area contributed by atoms with E-state index >= 15 is 0 Å². The summed E-state index contributed by atoms with van der Waals surface area (Å²) in [6.07, 6.45) is 1.93. The summed E-state index contributed by atoms with van der Waals surface area (Å²) < 4.78 is 16.6. The van der Waals surface area contributed by atoms with Gasteiger partial charge in [0.2, 0.25) is 11.7 Å². The zero-order valence-corrected chi connectivity index (χ0v) is 23.0. The molecule has 198 valence electrons. The van der Waals surface area contributed by atoms with Gasteiger partial charge in [-0.05, 0) is 42.3 Å². The molecule has 0 unspecified atom stereocenters. The van der Waals surface area contributed by atoms with Crippen molar-refractivity contribution in [3.8, 4) is 45.7 Å². The maximum absolute atomic E-state index is 12.5. The average Bonchev–Trinajstić information content (AvgIpc) is 2.97. The van der Waals surface area contributed by atoms with Gasteiger partial charge in [0.1, 0.15) is 16.9 Å². The molecule has 0 saturated heterocycles. The summed E-state index contributed by atoms with van der Waals surface area (Å²) in [5.74, 6) is 2.17. The Morgan fingerprint density at radius 3 is 2.28 bits per heavy atom. The van der Waals surface area contributed by atoms with Gasteiger partial charge in [-0.1, -0.05) is 36.4 Å². The Hall–Kier alpha value is -4.55. The SMILES string of the molecule is COc1cc(-c2cc(-c3ccccc3)nc(SCCC(=O)Nc3ccc(C)cn3)c2C#N)cc(OC)c1OC. The molecule has 1 N–H and O–H groups in total. The van der Waals surface area contributed by atoms with Crippen LogP contribution in [0.2, 0.25) is 0 Å². The molecule has 8 nitrogen and oxygen atoms in total. The highest BCUT2D eigenvalue weighted by Gasteiger charge is 2.20. The van der Waals surface area contributed by atoms with Gasteiger partial charge < -0.3 is 19.5 Å². The molecule has 39 heavy (non-hydrogen) atoms. The first-order valence-electron chi connectivity index (χ1n) is 12.1. The minimum Gasteiger partial charge on any atom is -0.493 e. The fourth-order valence-electron chi connectivity index (χ4n) is 3.94. The zero-order valence-electron chi connectivity index (χ0n) is 22.1. The van der Waals surface area contributed by atoms with Gasteiger partial charge in [0, 0.05) is 29.5 Å². The molecule has 0 spiro atoms. The molecule has 4 aromatic rings. The highest BCUT2D eigenvalue weighted by molar-refractivity contribution is 7.99. The molecule has 0 radical (unpaired) electrons. The van der Waals surface area contributed by atoms with E-state index in [0.717, 1.165) is 11.1 Å². The first-order chi connectivity index (χ1) is 19.0. The zero-order chi connectivity index (χ0) is 27.8. The molecule has 0 fully saturated rings. The minimum atomic E-state index is -0.165. The number of nitrogens with one attached hydrogen (secondary N) is 1. The van der Waals surface area contributed by atoms with Crippen molar-refractivity contribution >= 4 is 23.5 Å². The van der Waals surface area contributed by atoms with Gasteiger partial charge in [0.05, 0.1) is 32.6 Å². The summed E-state index contributed by atoms with van der Waals surface area (Å²) >= 11 is 1.36. The third-order valence-corrected chi connectivity index (χ3v) is 6.87. The smallest absolute Gasteiger partial charge is 0.226 e. The number of aromatic nitrogens is 2. The van der Waals surface area contributed by atoms with Gasteiger partial charge in [-0.3, -0.25) is 4.79 Å². The molecule has 0 aliphatic rings. The summed E-state index contributed by atoms with van der Waals surface area (Å²) in [6.45, 7) is 1.94. The molecule has 0 atom stereocenters. The second-order valence-electron chi connectivity index (χ2n) is 8.49. The van der Waals surface area contributed by atoms with Crippen molar-refractivity contribution in [2.75, 3.05) is 32.4 Å². The third-order valence-electron chi connectivity index (χ3n) is 5.89. The van der Waals surface area contributed by atoms with Gasteiger partial charge in [-0.15, -0.1) is 11.8 Å². The highest BCUT2D eigenvalue weighted by atomic mass is 32.2. The normalized spacial score (nSPS) is 10.4. The maximum atomic E-state index is 12.5. The van der Waals surface area contributed by atoms with Crippen molar-refractivity contribution in [1.82, 2.24) is 9.97 Å². The molecular weight excluding hydrogens is 512 g/mol. The van der Waals surface area contributed by atoms with Gasteiger partial charge in [0.25, 0.3) is 0 Å². The molecule has 0 saturated carbocycles. The number of rotatable bonds is 10. The number of thioether (sulfide) groups is 1. The number of carbonyl (C=O) groups excluding carboxylic acids is 1. The summed E-state index contributed by atoms with van der Waals surface area (Å²) in [6, 6.07) is 21.2. The Labute approximate surface area is 232 Å². The van der Waals surface area contributed by atoms with Crippen LogP contribution < -0.4 is 19.5 Å². The quantitative estimate of drug-likeness (QED) is 0.239. The number of amides is 1. The number of carbonyl (C=O) groups is 1. The lowest BCUT2D eigenvalue weighted by Crippen LogP contribution is -2.13. The first kappa shape index (κ1) is 27.5. The van der Waals surface area contributed by atoms with Crippen LogP contribution in [0.1, 0.15) is 17.5 Å². The van der Waals surface area contributed by atoms with Crippen LogP contribution in [0.5, 0.6) is 17.2 Å². The summed E-state index contributed by atoms with van der Waals surface area (Å²) in [7, 11) is 4.64. The van der Waals surface area contributed by atoms with E-state index < -0.39 is 0 Å². The molecule has 2 aromatic carbocycles. The summed E-state index contributed by atoms with van der Waals surface area (Å²) in [4.78, 5) is 21.6. The van der Waals surface area contributed by atoms with Crippen LogP contribution in [-0.2, 0) is 4.79 Å². The first-order valence-corrected chi connectivity index (χ1v) is 13.1. The van der Waals surface area contributed by atoms with E-state index in [1.165, 1.54) is 11.8 Å². The third kappa shape index (κ3) is 6.48. The maximum Gasteiger partial charge on any atom is 0.226 e. The highest BCUT2D eigenvalue weighted by Crippen LogP contribution is 2.43. The van der Waals surface area contributed by atoms with Gasteiger partial charge in [0.15, 0.2) is 11.5 Å². The number of anilines is 1. The van der Waals surface area contributed by atoms with Crippen molar-refractivity contribution in [1.29, 1.82) is 5.26 Å². The van der Waals surface area contributed by atoms with Crippen LogP contribution in [-0.4, -0.2) is 43.0 Å². The van der Waals surface area contributed by atoms with E-state index in [0.29, 0.717) is 56.2 Å². The van der Waals surface area contributed by atoms with E-state index in [1.807, 2.05) is 61.5 Å². The Morgan fingerprint density at radius 1 is 0.974 bits per heavy atom. The molecule has 0 aliphatic heterocycles. The summed E-state index contributed by atoms with van der Waals surface area (Å²) in [5, 5.41) is 13.6. The van der Waals surface area contributed by atoms with Gasteiger partial charge in [-0.2, -0.15) is 5.26 Å². The largest absolute Gasteiger partial charge is 0.493 e. The number of methoxy groups -OCH3 is 3. The number of aryl methyl sites for hydroxylation is 1. The van der Waals surface area contributed by atoms with Crippen LogP contribution in [0.4, 0.5) is 5.82 Å². The Morgan fingerprint density at radius 2 is 1.69 bits per heavy atom. The summed E-state index contributed by atoms with van der Waals surface area (Å²) in [5.41, 5.74) is 4.40. The van der Waals surface area contributed by atoms with Crippen LogP contribution in [0.3, 0.4) is 0 Å². The molecular formula is C30H28N4O4S. The minimum absolute atomic E-state index is 0.165. The average molecular weight is 541 g/mol. The predicted molar refractivity (Wildman–Crippen MR) is 152 cm³/mol. The Balaban J connectivity index is 1.70. The second-order valence-corrected chi connectivity index (χ2v) is 9.58. The van der Waals surface area contributed by atoms with Crippen molar-refractivity contribution in [2.45, 2.75) is 18.4 Å². The van der Waals surface area contributed by atoms with Crippen molar-refractivity contribution in [3.05, 3.63) is 78.0 Å². The topological polar surface area (TPSA) is 106 Å². The molecule has 1 amide bonds. The van der Waals surface area contributed by atoms with E-state index in [1.54, 1.807) is 33.6 Å². The predicted octanol–water partition coefficient (Wildman–Crippen LogP) is 6.14. The van der Waals surface area contributed by atoms with E-state index in [-0.39, 0.29) is 12.3 Å². The molecule has 0 aliphatic carbocycles. The molecule has 2 aromatic heterocycles. The van der Waals surface area contributed by atoms with Crippen LogP contribution >= 0.6 is 11.8 Å². The Bertz CT molecular complexity index is 1480. The number of benzene rings is 2. The number of hydrogen-bond donors (Lipinski definition) is 1. The van der Waals surface area contributed by atoms with E-state index in [2.05, 4.69) is 16.4 Å². The molecule has 2 heterocycles. The van der Waals surface area contributed by atoms with Crippen LogP contribution in [0, 0.1) is 18.3 Å². The van der Waals surface area contributed by atoms with E-state index in [4.69, 9.17) is 19.2 Å². The number of nitrogens with zero attached hydrogens (tertiary/aromatic N) is 3. The molecule has 4 rings (SSSR count). The van der Waals surface area contributed by atoms with Gasteiger partial charge >= 0.3 is 0 Å². The fourth-order valence-corrected chi connectivity index (χ4v) is 4.89. The standard InChI is InChI=1S/C30H28N4O4S/c1-19-10-11-27(32-18-19)34-28(35)12-13-39-30-23(17-31)22(16-24(33-30)20-8-6-5-7-9-20)21-14-25(36-2)29(38-4)26(15-21)37-3/h5-11,14-16,18H,12-13H2,1-4H3,(H,32,34,35). The second kappa shape index (κ2) is 12.8. The lowest BCUT2D eigenvalue weighted by molar-refractivity contribution is -0.115. The van der Waals surface area contributed by atoms with E-state index in [9.17, 15) is 10.1 Å². The Kier molecular flexibility index (Phi) is 9.02. The number of ether oxygens (including phenoxy) is 3. The van der Waals surface area contributed by atoms with Crippen LogP contribution in [0.25, 0.3) is 22.4 Å². The van der Waals surface area contributed by atoms with Crippen molar-refractivity contribution < 1.29 is 19.0 Å². The molecule has 9 heteroatoms. The van der Waals surface area contributed by atoms with Gasteiger partial charge in [-0.25, -0.2) is 9.97 Å². The monoisotopic (exact) mass is 540 g/mol. The van der Waals surface area contributed by atoms with Crippen LogP contribution in [0.15, 0.2) is 71.9 Å². The number of hydrogen-bond acceptors (Lipinski definition) is 8. The van der Waals surface area contributed by atoms with Crippen molar-refractivity contribution in [3.63, 3.8) is 0 Å². The number of pyridine rings is 2. The van der Waals surface area contributed by atoms with Crippen molar-refractivity contribution in [2.24, 2.45) is 0 Å². The molecule has 0 bridgehead atoms. The number of nitriles is 1.